The molecule has 3 heterocycles. The number of nitrogens with one attached hydrogen (secondary N) is 1. The summed E-state index contributed by atoms with van der Waals surface area (Å²) >= 11 is 0. The lowest BCUT2D eigenvalue weighted by molar-refractivity contribution is 0.0711. The third kappa shape index (κ3) is 3.35. The van der Waals surface area contributed by atoms with Crippen molar-refractivity contribution in [1.82, 2.24) is 35.1 Å². The molecule has 0 bridgehead atoms. The van der Waals surface area contributed by atoms with E-state index >= 15 is 0 Å². The molecule has 1 N–H and O–H groups in total. The molecular weight excluding hydrogens is 330 g/mol. The summed E-state index contributed by atoms with van der Waals surface area (Å²) in [6, 6.07) is 7.69. The number of aryl methyl sites for hydroxylation is 1. The molecule has 0 unspecified atom stereocenters. The molecule has 1 aromatic carbocycles. The van der Waals surface area contributed by atoms with Gasteiger partial charge in [-0.1, -0.05) is 12.1 Å². The van der Waals surface area contributed by atoms with Crippen LogP contribution in [-0.2, 0) is 6.54 Å². The number of imidazole rings is 1. The van der Waals surface area contributed by atoms with Crippen LogP contribution in [0.3, 0.4) is 0 Å². The van der Waals surface area contributed by atoms with Crippen LogP contribution in [0.2, 0.25) is 0 Å². The Kier molecular flexibility index (Phi) is 4.47. The zero-order valence-electron chi connectivity index (χ0n) is 14.7. The molecule has 0 saturated carbocycles. The number of tetrazole rings is 1. The average Bonchev–Trinajstić information content (AvgIpc) is 3.35. The molecule has 0 atom stereocenters. The van der Waals surface area contributed by atoms with Gasteiger partial charge in [0.1, 0.15) is 11.6 Å². The molecular formula is C18H21N7O. The van der Waals surface area contributed by atoms with Crippen LogP contribution < -0.4 is 0 Å². The van der Waals surface area contributed by atoms with Gasteiger partial charge in [-0.3, -0.25) is 4.79 Å². The smallest absolute Gasteiger partial charge is 0.253 e. The molecule has 1 aliphatic heterocycles. The van der Waals surface area contributed by atoms with Crippen molar-refractivity contribution in [3.8, 4) is 0 Å². The summed E-state index contributed by atoms with van der Waals surface area (Å²) in [5, 5.41) is 11.5. The summed E-state index contributed by atoms with van der Waals surface area (Å²) in [6.45, 7) is 3.98. The number of carbonyl (C=O) groups excluding carboxylic acids is 1. The van der Waals surface area contributed by atoms with Crippen LogP contribution in [0.4, 0.5) is 0 Å². The number of hydrogen-bond acceptors (Lipinski definition) is 5. The molecule has 1 aliphatic rings. The van der Waals surface area contributed by atoms with Crippen molar-refractivity contribution in [3.63, 3.8) is 0 Å². The molecule has 1 fully saturated rings. The zero-order valence-corrected chi connectivity index (χ0v) is 14.7. The number of hydrogen-bond donors (Lipinski definition) is 1. The summed E-state index contributed by atoms with van der Waals surface area (Å²) < 4.78 is 1.73. The second-order valence-corrected chi connectivity index (χ2v) is 6.62. The van der Waals surface area contributed by atoms with Crippen molar-refractivity contribution in [3.05, 3.63) is 59.4 Å². The van der Waals surface area contributed by atoms with Crippen LogP contribution in [0.15, 0.2) is 36.7 Å². The lowest BCUT2D eigenvalue weighted by Crippen LogP contribution is -2.38. The summed E-state index contributed by atoms with van der Waals surface area (Å²) in [5.74, 6) is 2.30. The van der Waals surface area contributed by atoms with Gasteiger partial charge in [0.25, 0.3) is 5.91 Å². The lowest BCUT2D eigenvalue weighted by Gasteiger charge is -2.31. The van der Waals surface area contributed by atoms with Crippen LogP contribution >= 0.6 is 0 Å². The van der Waals surface area contributed by atoms with Crippen molar-refractivity contribution in [2.24, 2.45) is 0 Å². The van der Waals surface area contributed by atoms with Gasteiger partial charge in [0, 0.05) is 37.0 Å². The fourth-order valence-corrected chi connectivity index (χ4v) is 3.36. The predicted molar refractivity (Wildman–Crippen MR) is 94.6 cm³/mol. The molecule has 134 valence electrons. The molecule has 26 heavy (non-hydrogen) atoms. The number of nitrogens with zero attached hydrogens (tertiary/aromatic N) is 6. The number of amides is 1. The molecule has 3 aromatic rings. The van der Waals surface area contributed by atoms with Crippen molar-refractivity contribution < 1.29 is 4.79 Å². The van der Waals surface area contributed by atoms with E-state index in [4.69, 9.17) is 0 Å². The number of benzene rings is 1. The number of H-pyrrole nitrogens is 1. The quantitative estimate of drug-likeness (QED) is 0.773. The molecule has 8 heteroatoms. The van der Waals surface area contributed by atoms with Gasteiger partial charge in [-0.2, -0.15) is 0 Å². The Morgan fingerprint density at radius 2 is 2.00 bits per heavy atom. The van der Waals surface area contributed by atoms with Crippen LogP contribution in [0.1, 0.15) is 46.3 Å². The Morgan fingerprint density at radius 1 is 1.23 bits per heavy atom. The third-order valence-electron chi connectivity index (χ3n) is 4.93. The highest BCUT2D eigenvalue weighted by atomic mass is 16.2. The van der Waals surface area contributed by atoms with Gasteiger partial charge in [0.15, 0.2) is 0 Å². The monoisotopic (exact) mass is 351 g/mol. The Balaban J connectivity index is 1.37. The van der Waals surface area contributed by atoms with E-state index in [-0.39, 0.29) is 5.91 Å². The molecule has 4 rings (SSSR count). The highest BCUT2D eigenvalue weighted by Crippen LogP contribution is 2.26. The highest BCUT2D eigenvalue weighted by Gasteiger charge is 2.25. The second-order valence-electron chi connectivity index (χ2n) is 6.62. The fraction of sp³-hybridized carbons (Fsp3) is 0.389. The van der Waals surface area contributed by atoms with E-state index in [2.05, 4.69) is 25.5 Å². The third-order valence-corrected chi connectivity index (χ3v) is 4.93. The molecule has 0 spiro atoms. The summed E-state index contributed by atoms with van der Waals surface area (Å²) in [6.07, 6.45) is 5.52. The van der Waals surface area contributed by atoms with Gasteiger partial charge < -0.3 is 9.88 Å². The minimum absolute atomic E-state index is 0.0908. The standard InChI is InChI=1S/C18H21N7O/c1-13-21-22-23-25(13)12-14-2-4-16(5-3-14)18(26)24-10-6-15(7-11-24)17-19-8-9-20-17/h2-5,8-9,15H,6-7,10-12H2,1H3,(H,19,20). The molecule has 1 saturated heterocycles. The zero-order chi connectivity index (χ0) is 17.9. The number of carbonyl (C=O) groups is 1. The van der Waals surface area contributed by atoms with Crippen LogP contribution in [-0.4, -0.2) is 54.1 Å². The number of likely N-dealkylation sites (tertiary alicyclic amines) is 1. The first-order valence-corrected chi connectivity index (χ1v) is 8.81. The van der Waals surface area contributed by atoms with Crippen molar-refractivity contribution in [2.45, 2.75) is 32.2 Å². The second kappa shape index (κ2) is 7.07. The number of rotatable bonds is 4. The molecule has 2 aromatic heterocycles. The lowest BCUT2D eigenvalue weighted by atomic mass is 9.95. The van der Waals surface area contributed by atoms with E-state index in [1.165, 1.54) is 0 Å². The Hall–Kier alpha value is -3.03. The van der Waals surface area contributed by atoms with E-state index in [0.717, 1.165) is 48.7 Å². The molecule has 0 aliphatic carbocycles. The van der Waals surface area contributed by atoms with Crippen molar-refractivity contribution >= 4 is 5.91 Å². The topological polar surface area (TPSA) is 92.6 Å². The maximum atomic E-state index is 12.7. The van der Waals surface area contributed by atoms with Crippen LogP contribution in [0, 0.1) is 6.92 Å². The maximum absolute atomic E-state index is 12.7. The van der Waals surface area contributed by atoms with Gasteiger partial charge in [0.05, 0.1) is 6.54 Å². The fourth-order valence-electron chi connectivity index (χ4n) is 3.36. The molecule has 8 nitrogen and oxygen atoms in total. The largest absolute Gasteiger partial charge is 0.348 e. The van der Waals surface area contributed by atoms with Gasteiger partial charge in [-0.25, -0.2) is 9.67 Å². The van der Waals surface area contributed by atoms with Gasteiger partial charge >= 0.3 is 0 Å². The van der Waals surface area contributed by atoms with E-state index in [0.29, 0.717) is 12.5 Å². The summed E-state index contributed by atoms with van der Waals surface area (Å²) in [7, 11) is 0. The van der Waals surface area contributed by atoms with Gasteiger partial charge in [-0.15, -0.1) is 5.10 Å². The first-order chi connectivity index (χ1) is 12.7. The number of aromatic nitrogens is 6. The van der Waals surface area contributed by atoms with Crippen LogP contribution in [0.5, 0.6) is 0 Å². The Morgan fingerprint density at radius 3 is 2.62 bits per heavy atom. The normalized spacial score (nSPS) is 15.3. The highest BCUT2D eigenvalue weighted by molar-refractivity contribution is 5.94. The SMILES string of the molecule is Cc1nnnn1Cc1ccc(C(=O)N2CCC(c3ncc[nH]3)CC2)cc1. The Labute approximate surface area is 151 Å². The summed E-state index contributed by atoms with van der Waals surface area (Å²) in [5.41, 5.74) is 1.78. The van der Waals surface area contributed by atoms with Crippen LogP contribution in [0.25, 0.3) is 0 Å². The van der Waals surface area contributed by atoms with E-state index < -0.39 is 0 Å². The van der Waals surface area contributed by atoms with Crippen molar-refractivity contribution in [2.75, 3.05) is 13.1 Å². The van der Waals surface area contributed by atoms with Gasteiger partial charge in [-0.05, 0) is 47.9 Å². The van der Waals surface area contributed by atoms with E-state index in [1.54, 1.807) is 10.9 Å². The minimum atomic E-state index is 0.0908. The molecule has 0 radical (unpaired) electrons. The minimum Gasteiger partial charge on any atom is -0.348 e. The van der Waals surface area contributed by atoms with E-state index in [1.807, 2.05) is 42.3 Å². The average molecular weight is 351 g/mol. The first-order valence-electron chi connectivity index (χ1n) is 8.81. The van der Waals surface area contributed by atoms with Crippen molar-refractivity contribution in [1.29, 1.82) is 0 Å². The first kappa shape index (κ1) is 16.4. The van der Waals surface area contributed by atoms with E-state index in [9.17, 15) is 4.79 Å². The number of piperidine rings is 1. The van der Waals surface area contributed by atoms with Gasteiger partial charge in [0.2, 0.25) is 0 Å². The molecule has 1 amide bonds. The summed E-state index contributed by atoms with van der Waals surface area (Å²) in [4.78, 5) is 22.2. The maximum Gasteiger partial charge on any atom is 0.253 e. The Bertz CT molecular complexity index is 861. The predicted octanol–water partition coefficient (Wildman–Crippen LogP) is 1.77. The number of aromatic amines is 1.